The summed E-state index contributed by atoms with van der Waals surface area (Å²) >= 11 is 0. The van der Waals surface area contributed by atoms with E-state index in [0.717, 1.165) is 12.5 Å². The van der Waals surface area contributed by atoms with Gasteiger partial charge in [-0.3, -0.25) is 0 Å². The number of rotatable bonds is 5. The fourth-order valence-electron chi connectivity index (χ4n) is 3.37. The van der Waals surface area contributed by atoms with Crippen LogP contribution in [0.1, 0.15) is 24.0 Å². The Morgan fingerprint density at radius 3 is 2.42 bits per heavy atom. The molecule has 1 atom stereocenters. The average Bonchev–Trinajstić information content (AvgIpc) is 2.48. The van der Waals surface area contributed by atoms with E-state index >= 15 is 0 Å². The van der Waals surface area contributed by atoms with E-state index in [1.807, 2.05) is 0 Å². The van der Waals surface area contributed by atoms with Crippen LogP contribution in [0, 0.1) is 5.92 Å². The van der Waals surface area contributed by atoms with Crippen LogP contribution in [0.15, 0.2) is 24.3 Å². The van der Waals surface area contributed by atoms with Crippen molar-refractivity contribution >= 4 is 0 Å². The highest BCUT2D eigenvalue weighted by Crippen LogP contribution is 2.27. The Morgan fingerprint density at radius 1 is 1.16 bits per heavy atom. The number of benzene rings is 1. The van der Waals surface area contributed by atoms with Crippen molar-refractivity contribution in [2.75, 3.05) is 26.7 Å². The van der Waals surface area contributed by atoms with Gasteiger partial charge in [0.25, 0.3) is 0 Å². The molecule has 1 aromatic carbocycles. The third-order valence-corrected chi connectivity index (χ3v) is 4.56. The minimum Gasteiger partial charge on any atom is -0.380 e. The lowest BCUT2D eigenvalue weighted by Gasteiger charge is -2.45. The molecule has 0 aromatic heterocycles. The monoisotopic (exact) mass is 260 g/mol. The lowest BCUT2D eigenvalue weighted by molar-refractivity contribution is 0.0720. The highest BCUT2D eigenvalue weighted by Gasteiger charge is 2.33. The Kier molecular flexibility index (Phi) is 4.16. The number of nitrogens with zero attached hydrogens (tertiary/aromatic N) is 1. The third-order valence-electron chi connectivity index (χ3n) is 4.56. The number of piperidine rings is 3. The summed E-state index contributed by atoms with van der Waals surface area (Å²) in [5.41, 5.74) is 2.62. The van der Waals surface area contributed by atoms with Crippen LogP contribution >= 0.6 is 0 Å². The van der Waals surface area contributed by atoms with Crippen molar-refractivity contribution in [2.45, 2.75) is 32.0 Å². The minimum atomic E-state index is 0.696. The van der Waals surface area contributed by atoms with Crippen molar-refractivity contribution in [3.8, 4) is 0 Å². The first-order chi connectivity index (χ1) is 9.35. The highest BCUT2D eigenvalue weighted by atomic mass is 16.5. The van der Waals surface area contributed by atoms with Crippen LogP contribution in [0.5, 0.6) is 0 Å². The summed E-state index contributed by atoms with van der Waals surface area (Å²) in [6, 6.07) is 9.45. The number of hydrogen-bond acceptors (Lipinski definition) is 3. The van der Waals surface area contributed by atoms with Crippen molar-refractivity contribution in [1.82, 2.24) is 10.2 Å². The standard InChI is InChI=1S/C16H24N2O/c1-19-12-14-4-2-13(3-5-14)10-17-16-11-18-8-6-15(16)7-9-18/h2-5,15-17H,6-12H2,1H3. The molecule has 3 fully saturated rings. The van der Waals surface area contributed by atoms with E-state index in [9.17, 15) is 0 Å². The van der Waals surface area contributed by atoms with Crippen LogP contribution in [0.25, 0.3) is 0 Å². The van der Waals surface area contributed by atoms with Gasteiger partial charge in [0.1, 0.15) is 0 Å². The molecule has 0 radical (unpaired) electrons. The van der Waals surface area contributed by atoms with E-state index in [0.29, 0.717) is 12.6 Å². The number of nitrogens with one attached hydrogen (secondary N) is 1. The first-order valence-electron chi connectivity index (χ1n) is 7.37. The minimum absolute atomic E-state index is 0.696. The molecule has 0 amide bonds. The molecule has 1 aromatic rings. The van der Waals surface area contributed by atoms with Crippen molar-refractivity contribution in [1.29, 1.82) is 0 Å². The van der Waals surface area contributed by atoms with E-state index < -0.39 is 0 Å². The molecule has 1 N–H and O–H groups in total. The van der Waals surface area contributed by atoms with Crippen LogP contribution < -0.4 is 5.32 Å². The molecule has 3 aliphatic heterocycles. The van der Waals surface area contributed by atoms with Crippen molar-refractivity contribution in [3.05, 3.63) is 35.4 Å². The van der Waals surface area contributed by atoms with Crippen molar-refractivity contribution < 1.29 is 4.74 Å². The zero-order chi connectivity index (χ0) is 13.1. The normalized spacial score (nSPS) is 29.6. The fourth-order valence-corrected chi connectivity index (χ4v) is 3.37. The molecule has 3 nitrogen and oxygen atoms in total. The number of ether oxygens (including phenoxy) is 1. The van der Waals surface area contributed by atoms with Crippen LogP contribution in [0.4, 0.5) is 0 Å². The zero-order valence-corrected chi connectivity index (χ0v) is 11.8. The highest BCUT2D eigenvalue weighted by molar-refractivity contribution is 5.22. The van der Waals surface area contributed by atoms with Gasteiger partial charge in [-0.25, -0.2) is 0 Å². The maximum atomic E-state index is 5.14. The number of fused-ring (bicyclic) bond motifs is 3. The molecule has 4 rings (SSSR count). The molecule has 2 bridgehead atoms. The van der Waals surface area contributed by atoms with E-state index in [-0.39, 0.29) is 0 Å². The lowest BCUT2D eigenvalue weighted by Crippen LogP contribution is -2.55. The summed E-state index contributed by atoms with van der Waals surface area (Å²) in [7, 11) is 1.74. The summed E-state index contributed by atoms with van der Waals surface area (Å²) in [5.74, 6) is 0.901. The maximum absolute atomic E-state index is 5.14. The molecule has 0 saturated carbocycles. The van der Waals surface area contributed by atoms with E-state index in [1.54, 1.807) is 7.11 Å². The predicted octanol–water partition coefficient (Wildman–Crippen LogP) is 2.02. The first-order valence-corrected chi connectivity index (χ1v) is 7.37. The molecular formula is C16H24N2O. The Labute approximate surface area is 115 Å². The van der Waals surface area contributed by atoms with Crippen LogP contribution in [-0.2, 0) is 17.9 Å². The molecule has 3 heterocycles. The second-order valence-electron chi connectivity index (χ2n) is 5.87. The lowest BCUT2D eigenvalue weighted by atomic mass is 9.84. The number of hydrogen-bond donors (Lipinski definition) is 1. The average molecular weight is 260 g/mol. The Morgan fingerprint density at radius 2 is 1.84 bits per heavy atom. The molecule has 3 aliphatic rings. The van der Waals surface area contributed by atoms with Crippen LogP contribution in [0.3, 0.4) is 0 Å². The second kappa shape index (κ2) is 6.04. The Bertz CT molecular complexity index is 396. The second-order valence-corrected chi connectivity index (χ2v) is 5.87. The van der Waals surface area contributed by atoms with Gasteiger partial charge in [-0.15, -0.1) is 0 Å². The van der Waals surface area contributed by atoms with Gasteiger partial charge >= 0.3 is 0 Å². The van der Waals surface area contributed by atoms with Gasteiger partial charge in [0.2, 0.25) is 0 Å². The van der Waals surface area contributed by atoms with Crippen LogP contribution in [0.2, 0.25) is 0 Å². The third kappa shape index (κ3) is 3.16. The molecular weight excluding hydrogens is 236 g/mol. The number of methoxy groups -OCH3 is 1. The summed E-state index contributed by atoms with van der Waals surface area (Å²) < 4.78 is 5.14. The molecule has 1 unspecified atom stereocenters. The molecule has 0 aliphatic carbocycles. The van der Waals surface area contributed by atoms with Gasteiger partial charge < -0.3 is 15.0 Å². The van der Waals surface area contributed by atoms with E-state index in [4.69, 9.17) is 4.74 Å². The largest absolute Gasteiger partial charge is 0.380 e. The summed E-state index contributed by atoms with van der Waals surface area (Å²) in [4.78, 5) is 2.60. The van der Waals surface area contributed by atoms with Crippen LogP contribution in [-0.4, -0.2) is 37.7 Å². The topological polar surface area (TPSA) is 24.5 Å². The van der Waals surface area contributed by atoms with Gasteiger partial charge in [0, 0.05) is 26.2 Å². The zero-order valence-electron chi connectivity index (χ0n) is 11.8. The summed E-state index contributed by atoms with van der Waals surface area (Å²) in [5, 5.41) is 3.75. The fraction of sp³-hybridized carbons (Fsp3) is 0.625. The van der Waals surface area contributed by atoms with Crippen molar-refractivity contribution in [2.24, 2.45) is 5.92 Å². The molecule has 104 valence electrons. The Hall–Kier alpha value is -0.900. The molecule has 3 saturated heterocycles. The molecule has 0 spiro atoms. The predicted molar refractivity (Wildman–Crippen MR) is 76.9 cm³/mol. The molecule has 3 heteroatoms. The quantitative estimate of drug-likeness (QED) is 0.876. The van der Waals surface area contributed by atoms with Gasteiger partial charge in [0.15, 0.2) is 0 Å². The van der Waals surface area contributed by atoms with Gasteiger partial charge in [-0.2, -0.15) is 0 Å². The van der Waals surface area contributed by atoms with Gasteiger partial charge in [-0.1, -0.05) is 24.3 Å². The van der Waals surface area contributed by atoms with Crippen molar-refractivity contribution in [3.63, 3.8) is 0 Å². The summed E-state index contributed by atoms with van der Waals surface area (Å²) in [6.45, 7) is 5.56. The Balaban J connectivity index is 1.51. The summed E-state index contributed by atoms with van der Waals surface area (Å²) in [6.07, 6.45) is 2.76. The maximum Gasteiger partial charge on any atom is 0.0713 e. The first kappa shape index (κ1) is 13.1. The SMILES string of the molecule is COCc1ccc(CNC2CN3CCC2CC3)cc1. The smallest absolute Gasteiger partial charge is 0.0713 e. The van der Waals surface area contributed by atoms with E-state index in [1.165, 1.54) is 43.6 Å². The van der Waals surface area contributed by atoms with Gasteiger partial charge in [0.05, 0.1) is 6.61 Å². The van der Waals surface area contributed by atoms with Gasteiger partial charge in [-0.05, 0) is 43.0 Å². The molecule has 19 heavy (non-hydrogen) atoms. The van der Waals surface area contributed by atoms with E-state index in [2.05, 4.69) is 34.5 Å².